The molecule has 0 unspecified atom stereocenters. The number of rotatable bonds is 14. The molecule has 0 saturated heterocycles. The van der Waals surface area contributed by atoms with E-state index in [1.165, 1.54) is 16.8 Å². The first kappa shape index (κ1) is 28.7. The van der Waals surface area contributed by atoms with Crippen molar-refractivity contribution >= 4 is 10.8 Å². The van der Waals surface area contributed by atoms with Gasteiger partial charge in [-0.05, 0) is 48.1 Å². The molecule has 0 amide bonds. The van der Waals surface area contributed by atoms with Gasteiger partial charge in [0.05, 0.1) is 31.3 Å². The Hall–Kier alpha value is -3.27. The highest BCUT2D eigenvalue weighted by Gasteiger charge is 2.28. The van der Waals surface area contributed by atoms with Crippen LogP contribution >= 0.6 is 0 Å². The number of hydrogen-bond donors (Lipinski definition) is 0. The van der Waals surface area contributed by atoms with E-state index in [0.717, 1.165) is 98.1 Å². The van der Waals surface area contributed by atoms with Crippen LogP contribution < -0.4 is 40.5 Å². The van der Waals surface area contributed by atoms with E-state index in [1.54, 1.807) is 7.11 Å². The monoisotopic (exact) mass is 602 g/mol. The standard InChI is InChI=1S/C29H35N2O7.BrH/c1-34-26-11-10-21-16-25-23-18-28-27(36-20-37-28)17-22(23)12-13-30(25)19-24(21)29(26)35-14-8-6-4-2-3-5-7-9-15-38-31(32)33;/h10-11,16-19H,2-9,12-15,20H2,1H3;1H/q+1;/p-1. The van der Waals surface area contributed by atoms with E-state index in [1.807, 2.05) is 6.07 Å². The second kappa shape index (κ2) is 13.7. The topological polar surface area (TPSA) is 93.2 Å². The Labute approximate surface area is 238 Å². The number of aryl methyl sites for hydroxylation is 2. The van der Waals surface area contributed by atoms with Gasteiger partial charge < -0.3 is 40.8 Å². The summed E-state index contributed by atoms with van der Waals surface area (Å²) < 4.78 is 25.5. The van der Waals surface area contributed by atoms with Crippen LogP contribution in [0.25, 0.3) is 22.0 Å². The average molecular weight is 604 g/mol. The van der Waals surface area contributed by atoms with Gasteiger partial charge in [0.1, 0.15) is 0 Å². The maximum absolute atomic E-state index is 10.1. The minimum absolute atomic E-state index is 0. The minimum Gasteiger partial charge on any atom is -1.00 e. The van der Waals surface area contributed by atoms with Gasteiger partial charge in [-0.25, -0.2) is 0 Å². The molecule has 0 spiro atoms. The maximum atomic E-state index is 10.1. The van der Waals surface area contributed by atoms with Crippen LogP contribution in [-0.2, 0) is 17.8 Å². The lowest BCUT2D eigenvalue weighted by Crippen LogP contribution is -3.00. The number of hydrogen-bond acceptors (Lipinski definition) is 7. The fourth-order valence-electron chi connectivity index (χ4n) is 5.28. The smallest absolute Gasteiger partial charge is 0.294 e. The van der Waals surface area contributed by atoms with Gasteiger partial charge in [0.25, 0.3) is 5.09 Å². The van der Waals surface area contributed by atoms with E-state index >= 15 is 0 Å². The molecule has 39 heavy (non-hydrogen) atoms. The van der Waals surface area contributed by atoms with Gasteiger partial charge in [-0.3, -0.25) is 0 Å². The number of methoxy groups -OCH3 is 1. The summed E-state index contributed by atoms with van der Waals surface area (Å²) in [5, 5.41) is 11.6. The second-order valence-corrected chi connectivity index (χ2v) is 9.80. The molecule has 210 valence electrons. The molecule has 0 atom stereocenters. The summed E-state index contributed by atoms with van der Waals surface area (Å²) in [5.41, 5.74) is 3.63. The Morgan fingerprint density at radius 1 is 0.949 bits per heavy atom. The predicted octanol–water partition coefficient (Wildman–Crippen LogP) is 2.80. The first-order valence-electron chi connectivity index (χ1n) is 13.5. The fraction of sp³-hybridized carbons (Fsp3) is 0.483. The van der Waals surface area contributed by atoms with Gasteiger partial charge in [-0.1, -0.05) is 38.5 Å². The number of aromatic nitrogens is 1. The largest absolute Gasteiger partial charge is 1.00 e. The van der Waals surface area contributed by atoms with Crippen LogP contribution in [0.5, 0.6) is 23.0 Å². The Morgan fingerprint density at radius 2 is 1.64 bits per heavy atom. The van der Waals surface area contributed by atoms with Crippen LogP contribution in [-0.4, -0.2) is 32.2 Å². The zero-order valence-corrected chi connectivity index (χ0v) is 23.9. The summed E-state index contributed by atoms with van der Waals surface area (Å²) in [4.78, 5) is 14.5. The molecule has 0 bridgehead atoms. The SMILES string of the molecule is COc1ccc2cc3[n+](cc2c1OCCCCCCCCCCO[N+](=O)[O-])CCc1cc2c(cc1-3)OCO2.[Br-]. The molecule has 0 aliphatic carbocycles. The molecule has 0 radical (unpaired) electrons. The normalized spacial score (nSPS) is 12.8. The van der Waals surface area contributed by atoms with Gasteiger partial charge in [-0.15, -0.1) is 10.1 Å². The van der Waals surface area contributed by atoms with Gasteiger partial charge in [0.2, 0.25) is 12.5 Å². The zero-order chi connectivity index (χ0) is 26.3. The molecule has 0 fully saturated rings. The third-order valence-electron chi connectivity index (χ3n) is 7.28. The molecular weight excluding hydrogens is 568 g/mol. The summed E-state index contributed by atoms with van der Waals surface area (Å²) >= 11 is 0. The number of nitrogens with zero attached hydrogens (tertiary/aromatic N) is 2. The van der Waals surface area contributed by atoms with Crippen molar-refractivity contribution in [3.63, 3.8) is 0 Å². The van der Waals surface area contributed by atoms with Crippen molar-refractivity contribution in [2.24, 2.45) is 0 Å². The van der Waals surface area contributed by atoms with Crippen molar-refractivity contribution in [1.82, 2.24) is 0 Å². The van der Waals surface area contributed by atoms with Gasteiger partial charge in [-0.2, -0.15) is 4.57 Å². The summed E-state index contributed by atoms with van der Waals surface area (Å²) in [6, 6.07) is 10.5. The van der Waals surface area contributed by atoms with Gasteiger partial charge in [0.15, 0.2) is 35.7 Å². The Morgan fingerprint density at radius 3 is 2.36 bits per heavy atom. The van der Waals surface area contributed by atoms with Crippen molar-refractivity contribution in [2.45, 2.75) is 64.3 Å². The van der Waals surface area contributed by atoms with E-state index in [9.17, 15) is 10.1 Å². The summed E-state index contributed by atoms with van der Waals surface area (Å²) in [5.74, 6) is 3.18. The number of benzene rings is 2. The van der Waals surface area contributed by atoms with Crippen molar-refractivity contribution in [3.05, 3.63) is 52.2 Å². The molecule has 10 heteroatoms. The average Bonchev–Trinajstić information content (AvgIpc) is 3.38. The lowest BCUT2D eigenvalue weighted by Gasteiger charge is -2.18. The Balaban J connectivity index is 0.00000353. The van der Waals surface area contributed by atoms with Crippen LogP contribution in [0.3, 0.4) is 0 Å². The van der Waals surface area contributed by atoms with Gasteiger partial charge >= 0.3 is 0 Å². The van der Waals surface area contributed by atoms with E-state index in [2.05, 4.69) is 39.9 Å². The molecule has 2 aliphatic rings. The summed E-state index contributed by atoms with van der Waals surface area (Å²) in [7, 11) is 1.68. The van der Waals surface area contributed by atoms with E-state index < -0.39 is 5.09 Å². The predicted molar refractivity (Wildman–Crippen MR) is 141 cm³/mol. The van der Waals surface area contributed by atoms with Crippen LogP contribution in [0.15, 0.2) is 36.5 Å². The number of pyridine rings is 1. The van der Waals surface area contributed by atoms with Crippen LogP contribution in [0.2, 0.25) is 0 Å². The van der Waals surface area contributed by atoms with Crippen LogP contribution in [0.4, 0.5) is 0 Å². The van der Waals surface area contributed by atoms with Crippen LogP contribution in [0, 0.1) is 10.1 Å². The lowest BCUT2D eigenvalue weighted by molar-refractivity contribution is -0.757. The summed E-state index contributed by atoms with van der Waals surface area (Å²) in [6.45, 7) is 2.00. The summed E-state index contributed by atoms with van der Waals surface area (Å²) in [6.07, 6.45) is 11.5. The number of fused-ring (bicyclic) bond motifs is 5. The second-order valence-electron chi connectivity index (χ2n) is 9.80. The molecule has 9 nitrogen and oxygen atoms in total. The van der Waals surface area contributed by atoms with Crippen LogP contribution in [0.1, 0.15) is 56.9 Å². The van der Waals surface area contributed by atoms with E-state index in [-0.39, 0.29) is 30.4 Å². The molecule has 1 aromatic heterocycles. The van der Waals surface area contributed by atoms with Crippen molar-refractivity contribution in [2.75, 3.05) is 27.1 Å². The highest BCUT2D eigenvalue weighted by Crippen LogP contribution is 2.41. The molecule has 5 rings (SSSR count). The molecule has 2 aliphatic heterocycles. The fourth-order valence-corrected chi connectivity index (χ4v) is 5.28. The highest BCUT2D eigenvalue weighted by molar-refractivity contribution is 5.91. The number of halogens is 1. The lowest BCUT2D eigenvalue weighted by atomic mass is 9.95. The number of unbranched alkanes of at least 4 members (excludes halogenated alkanes) is 7. The first-order valence-corrected chi connectivity index (χ1v) is 13.5. The molecule has 0 saturated carbocycles. The minimum atomic E-state index is -0.724. The number of ether oxygens (including phenoxy) is 4. The Bertz CT molecular complexity index is 1300. The molecule has 0 N–H and O–H groups in total. The van der Waals surface area contributed by atoms with Crippen molar-refractivity contribution < 1.29 is 50.4 Å². The van der Waals surface area contributed by atoms with E-state index in [0.29, 0.717) is 6.61 Å². The highest BCUT2D eigenvalue weighted by atomic mass is 79.9. The van der Waals surface area contributed by atoms with Crippen molar-refractivity contribution in [3.8, 4) is 34.3 Å². The maximum Gasteiger partial charge on any atom is 0.294 e. The molecule has 3 heterocycles. The van der Waals surface area contributed by atoms with Gasteiger partial charge in [0, 0.05) is 12.5 Å². The molecule has 3 aromatic rings. The Kier molecular flexibility index (Phi) is 10.1. The quantitative estimate of drug-likeness (QED) is 0.121. The zero-order valence-electron chi connectivity index (χ0n) is 22.3. The third-order valence-corrected chi connectivity index (χ3v) is 7.28. The third kappa shape index (κ3) is 6.84. The van der Waals surface area contributed by atoms with E-state index in [4.69, 9.17) is 18.9 Å². The first-order chi connectivity index (χ1) is 18.6. The van der Waals surface area contributed by atoms with Crippen molar-refractivity contribution in [1.29, 1.82) is 0 Å². The molecule has 2 aromatic carbocycles. The molecular formula is C29H35BrN2O7.